The summed E-state index contributed by atoms with van der Waals surface area (Å²) in [5, 5.41) is 7.21. The van der Waals surface area contributed by atoms with Crippen molar-refractivity contribution in [2.24, 2.45) is 14.1 Å². The van der Waals surface area contributed by atoms with Crippen LogP contribution >= 0.6 is 0 Å². The predicted molar refractivity (Wildman–Crippen MR) is 36.5 cm³/mol. The number of rotatable bonds is 0. The van der Waals surface area contributed by atoms with Gasteiger partial charge in [0.15, 0.2) is 0 Å². The third kappa shape index (κ3) is 0.877. The van der Waals surface area contributed by atoms with E-state index in [-0.39, 0.29) is 11.2 Å². The second kappa shape index (κ2) is 2.13. The Morgan fingerprint density at radius 1 is 1.50 bits per heavy atom. The molecule has 1 aromatic heterocycles. The van der Waals surface area contributed by atoms with E-state index in [0.717, 1.165) is 0 Å². The molecule has 1 N–H and O–H groups in total. The summed E-state index contributed by atoms with van der Waals surface area (Å²) in [6, 6.07) is 1.57. The van der Waals surface area contributed by atoms with E-state index in [4.69, 9.17) is 5.41 Å². The van der Waals surface area contributed by atoms with E-state index in [0.29, 0.717) is 0 Å². The monoisotopic (exact) mass is 139 g/mol. The van der Waals surface area contributed by atoms with Crippen molar-refractivity contribution in [2.45, 2.75) is 0 Å². The fourth-order valence-corrected chi connectivity index (χ4v) is 0.698. The van der Waals surface area contributed by atoms with Crippen molar-refractivity contribution < 1.29 is 0 Å². The molecule has 0 saturated heterocycles. The summed E-state index contributed by atoms with van der Waals surface area (Å²) >= 11 is 0. The number of hydrogen-bond donors (Lipinski definition) is 1. The summed E-state index contributed by atoms with van der Waals surface area (Å²) in [5.41, 5.74) is 0.0515. The number of nitrogens with zero attached hydrogens (tertiary/aromatic N) is 2. The third-order valence-electron chi connectivity index (χ3n) is 1.41. The Hall–Kier alpha value is -1.32. The topological polar surface area (TPSA) is 50.8 Å². The summed E-state index contributed by atoms with van der Waals surface area (Å²) in [6.45, 7) is 0. The first-order valence-corrected chi connectivity index (χ1v) is 2.90. The van der Waals surface area contributed by atoms with Crippen molar-refractivity contribution in [2.75, 3.05) is 0 Å². The van der Waals surface area contributed by atoms with Crippen LogP contribution in [0.3, 0.4) is 0 Å². The maximum atomic E-state index is 11.0. The van der Waals surface area contributed by atoms with Crippen LogP contribution in [0.2, 0.25) is 0 Å². The first-order valence-electron chi connectivity index (χ1n) is 2.90. The molecule has 10 heavy (non-hydrogen) atoms. The van der Waals surface area contributed by atoms with E-state index >= 15 is 0 Å². The Bertz CT molecular complexity index is 347. The van der Waals surface area contributed by atoms with Crippen LogP contribution in [-0.2, 0) is 14.1 Å². The highest BCUT2D eigenvalue weighted by atomic mass is 16.1. The Kier molecular flexibility index (Phi) is 1.45. The summed E-state index contributed by atoms with van der Waals surface area (Å²) in [5.74, 6) is 0. The van der Waals surface area contributed by atoms with Crippen LogP contribution in [0.25, 0.3) is 0 Å². The minimum absolute atomic E-state index is 0.174. The molecule has 0 bridgehead atoms. The van der Waals surface area contributed by atoms with Gasteiger partial charge in [0, 0.05) is 20.3 Å². The number of aromatic nitrogens is 2. The maximum absolute atomic E-state index is 11.0. The van der Waals surface area contributed by atoms with Crippen LogP contribution in [0.1, 0.15) is 0 Å². The van der Waals surface area contributed by atoms with E-state index in [1.807, 2.05) is 0 Å². The van der Waals surface area contributed by atoms with Crippen molar-refractivity contribution in [1.29, 1.82) is 5.41 Å². The van der Waals surface area contributed by atoms with Crippen molar-refractivity contribution >= 4 is 0 Å². The zero-order valence-electron chi connectivity index (χ0n) is 5.96. The van der Waals surface area contributed by atoms with Crippen LogP contribution in [0.15, 0.2) is 17.1 Å². The lowest BCUT2D eigenvalue weighted by Gasteiger charge is -1.99. The van der Waals surface area contributed by atoms with Gasteiger partial charge in [-0.2, -0.15) is 0 Å². The molecule has 0 aliphatic carbocycles. The molecule has 0 saturated carbocycles. The minimum Gasteiger partial charge on any atom is -0.304 e. The summed E-state index contributed by atoms with van der Waals surface area (Å²) in [7, 11) is 3.23. The van der Waals surface area contributed by atoms with Gasteiger partial charge < -0.3 is 4.57 Å². The molecule has 0 aliphatic rings. The Balaban J connectivity index is 3.66. The average Bonchev–Trinajstić information content (AvgIpc) is 1.93. The molecule has 4 nitrogen and oxygen atoms in total. The largest absolute Gasteiger partial charge is 0.329 e. The fourth-order valence-electron chi connectivity index (χ4n) is 0.698. The third-order valence-corrected chi connectivity index (χ3v) is 1.41. The van der Waals surface area contributed by atoms with E-state index in [1.165, 1.54) is 9.13 Å². The van der Waals surface area contributed by atoms with Crippen molar-refractivity contribution in [3.8, 4) is 0 Å². The quantitative estimate of drug-likeness (QED) is 0.503. The lowest BCUT2D eigenvalue weighted by atomic mass is 10.6. The van der Waals surface area contributed by atoms with Crippen molar-refractivity contribution in [1.82, 2.24) is 9.13 Å². The molecule has 4 heteroatoms. The first kappa shape index (κ1) is 6.80. The van der Waals surface area contributed by atoms with Gasteiger partial charge >= 0.3 is 5.69 Å². The highest BCUT2D eigenvalue weighted by Crippen LogP contribution is 1.65. The molecular weight excluding hydrogens is 130 g/mol. The molecule has 0 unspecified atom stereocenters. The van der Waals surface area contributed by atoms with E-state index < -0.39 is 0 Å². The minimum atomic E-state index is -0.174. The number of hydrogen-bond acceptors (Lipinski definition) is 2. The van der Waals surface area contributed by atoms with E-state index in [9.17, 15) is 4.79 Å². The number of aryl methyl sites for hydroxylation is 1. The molecular formula is C6H9N3O. The molecule has 0 radical (unpaired) electrons. The zero-order valence-corrected chi connectivity index (χ0v) is 5.96. The smallest absolute Gasteiger partial charge is 0.304 e. The standard InChI is InChI=1S/C6H9N3O/c1-8-4-3-5(7)9(2)6(8)10/h3-4,7H,1-2H3. The Morgan fingerprint density at radius 3 is 2.60 bits per heavy atom. The molecule has 0 atom stereocenters. The van der Waals surface area contributed by atoms with E-state index in [2.05, 4.69) is 0 Å². The zero-order chi connectivity index (χ0) is 7.72. The molecule has 0 spiro atoms. The van der Waals surface area contributed by atoms with Crippen LogP contribution in [-0.4, -0.2) is 9.13 Å². The van der Waals surface area contributed by atoms with Crippen molar-refractivity contribution in [3.05, 3.63) is 28.2 Å². The second-order valence-electron chi connectivity index (χ2n) is 2.15. The van der Waals surface area contributed by atoms with Gasteiger partial charge in [-0.05, 0) is 6.07 Å². The summed E-state index contributed by atoms with van der Waals surface area (Å²) < 4.78 is 2.71. The molecule has 0 fully saturated rings. The second-order valence-corrected chi connectivity index (χ2v) is 2.15. The summed E-state index contributed by atoms with van der Waals surface area (Å²) in [4.78, 5) is 11.0. The first-order chi connectivity index (χ1) is 4.63. The van der Waals surface area contributed by atoms with Gasteiger partial charge in [0.2, 0.25) is 0 Å². The summed E-state index contributed by atoms with van der Waals surface area (Å²) in [6.07, 6.45) is 1.57. The Morgan fingerprint density at radius 2 is 2.10 bits per heavy atom. The van der Waals surface area contributed by atoms with Gasteiger partial charge in [-0.25, -0.2) is 4.79 Å². The highest BCUT2D eigenvalue weighted by Gasteiger charge is 1.91. The average molecular weight is 139 g/mol. The van der Waals surface area contributed by atoms with Gasteiger partial charge in [0.1, 0.15) is 5.49 Å². The maximum Gasteiger partial charge on any atom is 0.329 e. The van der Waals surface area contributed by atoms with Gasteiger partial charge in [-0.1, -0.05) is 0 Å². The lowest BCUT2D eigenvalue weighted by molar-refractivity contribution is 0.668. The molecule has 1 aromatic rings. The molecule has 1 heterocycles. The SMILES string of the molecule is Cn1ccc(=N)n(C)c1=O. The van der Waals surface area contributed by atoms with Crippen LogP contribution in [0, 0.1) is 5.41 Å². The number of nitrogens with one attached hydrogen (secondary N) is 1. The molecule has 1 rings (SSSR count). The fraction of sp³-hybridized carbons (Fsp3) is 0.333. The predicted octanol–water partition coefficient (Wildman–Crippen LogP) is -0.797. The normalized spacial score (nSPS) is 9.80. The van der Waals surface area contributed by atoms with Crippen LogP contribution in [0.4, 0.5) is 0 Å². The molecule has 0 aromatic carbocycles. The Labute approximate surface area is 57.9 Å². The van der Waals surface area contributed by atoms with Crippen molar-refractivity contribution in [3.63, 3.8) is 0 Å². The van der Waals surface area contributed by atoms with Gasteiger partial charge in [0.25, 0.3) is 0 Å². The van der Waals surface area contributed by atoms with Gasteiger partial charge in [-0.15, -0.1) is 0 Å². The molecule has 0 amide bonds. The highest BCUT2D eigenvalue weighted by molar-refractivity contribution is 4.80. The van der Waals surface area contributed by atoms with Gasteiger partial charge in [-0.3, -0.25) is 9.98 Å². The van der Waals surface area contributed by atoms with E-state index in [1.54, 1.807) is 26.4 Å². The van der Waals surface area contributed by atoms with Crippen LogP contribution < -0.4 is 11.2 Å². The van der Waals surface area contributed by atoms with Gasteiger partial charge in [0.05, 0.1) is 0 Å². The molecule has 0 aliphatic heterocycles. The van der Waals surface area contributed by atoms with Crippen LogP contribution in [0.5, 0.6) is 0 Å². The lowest BCUT2D eigenvalue weighted by Crippen LogP contribution is -2.35. The molecule has 54 valence electrons.